The van der Waals surface area contributed by atoms with Crippen molar-refractivity contribution in [2.24, 2.45) is 5.92 Å². The lowest BCUT2D eigenvalue weighted by Gasteiger charge is -2.39. The summed E-state index contributed by atoms with van der Waals surface area (Å²) >= 11 is 1.74. The van der Waals surface area contributed by atoms with E-state index in [1.165, 1.54) is 62.9 Å². The maximum absolute atomic E-state index is 11.4. The second-order valence-electron chi connectivity index (χ2n) is 6.54. The minimum absolute atomic E-state index is 0.470. The third-order valence-electron chi connectivity index (χ3n) is 5.24. The van der Waals surface area contributed by atoms with Crippen LogP contribution in [-0.4, -0.2) is 29.6 Å². The fraction of sp³-hybridized carbons (Fsp3) is 0.765. The summed E-state index contributed by atoms with van der Waals surface area (Å²) in [6.07, 6.45) is 9.93. The average Bonchev–Trinajstić information content (AvgIpc) is 3.19. The third kappa shape index (κ3) is 3.10. The van der Waals surface area contributed by atoms with Gasteiger partial charge in [0.1, 0.15) is 5.60 Å². The molecule has 2 aliphatic rings. The number of hydrogen-bond acceptors (Lipinski definition) is 3. The molecule has 2 heterocycles. The molecule has 2 nitrogen and oxygen atoms in total. The molecule has 1 atom stereocenters. The van der Waals surface area contributed by atoms with Gasteiger partial charge in [0.05, 0.1) is 0 Å². The smallest absolute Gasteiger partial charge is 0.103 e. The first-order chi connectivity index (χ1) is 9.79. The Bertz CT molecular complexity index is 393. The van der Waals surface area contributed by atoms with Crippen molar-refractivity contribution in [1.82, 2.24) is 4.90 Å². The molecular weight excluding hydrogens is 266 g/mol. The number of hydrogen-bond donors (Lipinski definition) is 1. The topological polar surface area (TPSA) is 23.5 Å². The van der Waals surface area contributed by atoms with E-state index in [2.05, 4.69) is 22.4 Å². The van der Waals surface area contributed by atoms with Crippen LogP contribution in [0.4, 0.5) is 0 Å². The van der Waals surface area contributed by atoms with Crippen LogP contribution in [0.15, 0.2) is 17.5 Å². The summed E-state index contributed by atoms with van der Waals surface area (Å²) in [6.45, 7) is 3.52. The van der Waals surface area contributed by atoms with Gasteiger partial charge in [-0.05, 0) is 62.6 Å². The fourth-order valence-corrected chi connectivity index (χ4v) is 4.90. The molecule has 0 radical (unpaired) electrons. The molecule has 1 unspecified atom stereocenters. The van der Waals surface area contributed by atoms with Crippen LogP contribution in [0.1, 0.15) is 56.2 Å². The Kier molecular flexibility index (Phi) is 4.79. The molecule has 2 fully saturated rings. The van der Waals surface area contributed by atoms with Gasteiger partial charge in [-0.15, -0.1) is 11.3 Å². The summed E-state index contributed by atoms with van der Waals surface area (Å²) < 4.78 is 0. The molecule has 0 aromatic carbocycles. The van der Waals surface area contributed by atoms with E-state index in [9.17, 15) is 5.11 Å². The van der Waals surface area contributed by atoms with Gasteiger partial charge in [0.15, 0.2) is 0 Å². The molecule has 0 bridgehead atoms. The molecule has 0 amide bonds. The van der Waals surface area contributed by atoms with E-state index in [-0.39, 0.29) is 0 Å². The average molecular weight is 293 g/mol. The predicted molar refractivity (Wildman–Crippen MR) is 85.1 cm³/mol. The Morgan fingerprint density at radius 2 is 1.90 bits per heavy atom. The van der Waals surface area contributed by atoms with Crippen LogP contribution in [0, 0.1) is 5.92 Å². The lowest BCUT2D eigenvalue weighted by atomic mass is 9.74. The van der Waals surface area contributed by atoms with Crippen LogP contribution in [0.3, 0.4) is 0 Å². The van der Waals surface area contributed by atoms with Gasteiger partial charge in [-0.25, -0.2) is 0 Å². The highest BCUT2D eigenvalue weighted by molar-refractivity contribution is 7.10. The highest BCUT2D eigenvalue weighted by atomic mass is 32.1. The molecular formula is C17H27NOS. The highest BCUT2D eigenvalue weighted by Crippen LogP contribution is 2.43. The number of rotatable bonds is 5. The van der Waals surface area contributed by atoms with Gasteiger partial charge in [0.2, 0.25) is 0 Å². The first-order valence-corrected chi connectivity index (χ1v) is 9.16. The van der Waals surface area contributed by atoms with E-state index >= 15 is 0 Å². The lowest BCUT2D eigenvalue weighted by Crippen LogP contribution is -2.39. The van der Waals surface area contributed by atoms with Crippen molar-refractivity contribution in [1.29, 1.82) is 0 Å². The zero-order valence-corrected chi connectivity index (χ0v) is 13.2. The van der Waals surface area contributed by atoms with Crippen molar-refractivity contribution in [2.45, 2.75) is 57.0 Å². The molecule has 1 saturated carbocycles. The highest BCUT2D eigenvalue weighted by Gasteiger charge is 2.39. The molecule has 1 saturated heterocycles. The van der Waals surface area contributed by atoms with Crippen LogP contribution in [0.2, 0.25) is 0 Å². The summed E-state index contributed by atoms with van der Waals surface area (Å²) in [6, 6.07) is 4.23. The van der Waals surface area contributed by atoms with E-state index in [1.54, 1.807) is 11.3 Å². The summed E-state index contributed by atoms with van der Waals surface area (Å²) in [5.74, 6) is 0.470. The number of likely N-dealkylation sites (tertiary alicyclic amines) is 1. The monoisotopic (exact) mass is 293 g/mol. The summed E-state index contributed by atoms with van der Waals surface area (Å²) in [4.78, 5) is 3.73. The molecule has 112 valence electrons. The van der Waals surface area contributed by atoms with Crippen LogP contribution in [0.25, 0.3) is 0 Å². The fourth-order valence-electron chi connectivity index (χ4n) is 3.97. The molecule has 0 spiro atoms. The van der Waals surface area contributed by atoms with Gasteiger partial charge in [-0.1, -0.05) is 25.3 Å². The van der Waals surface area contributed by atoms with Gasteiger partial charge >= 0.3 is 0 Å². The van der Waals surface area contributed by atoms with Gasteiger partial charge in [0.25, 0.3) is 0 Å². The van der Waals surface area contributed by atoms with E-state index in [1.807, 2.05) is 0 Å². The van der Waals surface area contributed by atoms with Gasteiger partial charge < -0.3 is 10.0 Å². The van der Waals surface area contributed by atoms with E-state index in [0.717, 1.165) is 13.0 Å². The van der Waals surface area contributed by atoms with Crippen molar-refractivity contribution in [3.05, 3.63) is 22.4 Å². The van der Waals surface area contributed by atoms with Crippen LogP contribution >= 0.6 is 11.3 Å². The first-order valence-electron chi connectivity index (χ1n) is 8.28. The molecule has 3 heteroatoms. The predicted octanol–water partition coefficient (Wildman–Crippen LogP) is 4.00. The number of nitrogens with zero attached hydrogens (tertiary/aromatic N) is 1. The van der Waals surface area contributed by atoms with E-state index in [4.69, 9.17) is 0 Å². The van der Waals surface area contributed by atoms with Crippen molar-refractivity contribution in [3.63, 3.8) is 0 Å². The summed E-state index contributed by atoms with van der Waals surface area (Å²) in [7, 11) is 0. The molecule has 1 aromatic rings. The van der Waals surface area contributed by atoms with Gasteiger partial charge in [-0.3, -0.25) is 0 Å². The normalized spacial score (nSPS) is 24.9. The molecule has 1 aliphatic carbocycles. The zero-order valence-electron chi connectivity index (χ0n) is 12.4. The van der Waals surface area contributed by atoms with Gasteiger partial charge in [-0.2, -0.15) is 0 Å². The standard InChI is InChI=1S/C17H27NOS/c19-17(16-9-6-14-20-16,15-7-2-1-3-8-15)10-13-18-11-4-5-12-18/h6,9,14-15,19H,1-5,7-8,10-13H2. The molecule has 1 aromatic heterocycles. The van der Waals surface area contributed by atoms with Crippen LogP contribution in [-0.2, 0) is 5.60 Å². The maximum atomic E-state index is 11.4. The quantitative estimate of drug-likeness (QED) is 0.887. The Morgan fingerprint density at radius 1 is 1.15 bits per heavy atom. The zero-order chi connectivity index (χ0) is 13.8. The molecule has 1 aliphatic heterocycles. The molecule has 3 rings (SSSR count). The Labute approximate surface area is 126 Å². The molecule has 1 N–H and O–H groups in total. The summed E-state index contributed by atoms with van der Waals surface area (Å²) in [5.41, 5.74) is -0.572. The Morgan fingerprint density at radius 3 is 2.55 bits per heavy atom. The lowest BCUT2D eigenvalue weighted by molar-refractivity contribution is -0.0480. The SMILES string of the molecule is OC(CCN1CCCC1)(c1cccs1)C1CCCCC1. The number of thiophene rings is 1. The van der Waals surface area contributed by atoms with Crippen LogP contribution < -0.4 is 0 Å². The Balaban J connectivity index is 1.71. The second-order valence-corrected chi connectivity index (χ2v) is 7.48. The van der Waals surface area contributed by atoms with Crippen molar-refractivity contribution < 1.29 is 5.11 Å². The molecule has 20 heavy (non-hydrogen) atoms. The van der Waals surface area contributed by atoms with E-state index < -0.39 is 5.60 Å². The van der Waals surface area contributed by atoms with Gasteiger partial charge in [0, 0.05) is 11.4 Å². The minimum Gasteiger partial charge on any atom is -0.384 e. The second kappa shape index (κ2) is 6.59. The van der Waals surface area contributed by atoms with Crippen molar-refractivity contribution in [3.8, 4) is 0 Å². The van der Waals surface area contributed by atoms with Crippen LogP contribution in [0.5, 0.6) is 0 Å². The Hall–Kier alpha value is -0.380. The summed E-state index contributed by atoms with van der Waals surface area (Å²) in [5, 5.41) is 13.6. The third-order valence-corrected chi connectivity index (χ3v) is 6.27. The number of aliphatic hydroxyl groups is 1. The largest absolute Gasteiger partial charge is 0.384 e. The minimum atomic E-state index is -0.572. The van der Waals surface area contributed by atoms with E-state index in [0.29, 0.717) is 5.92 Å². The maximum Gasteiger partial charge on any atom is 0.103 e. The first kappa shape index (κ1) is 14.6. The van der Waals surface area contributed by atoms with Crippen molar-refractivity contribution in [2.75, 3.05) is 19.6 Å². The van der Waals surface area contributed by atoms with Crippen molar-refractivity contribution >= 4 is 11.3 Å².